The third-order valence-corrected chi connectivity index (χ3v) is 4.02. The van der Waals surface area contributed by atoms with Crippen LogP contribution >= 0.6 is 11.3 Å². The predicted octanol–water partition coefficient (Wildman–Crippen LogP) is 4.97. The fourth-order valence-electron chi connectivity index (χ4n) is 1.91. The molecule has 0 spiro atoms. The Hall–Kier alpha value is -1.87. The third-order valence-electron chi connectivity index (χ3n) is 3.18. The van der Waals surface area contributed by atoms with Gasteiger partial charge in [0, 0.05) is 11.0 Å². The number of thiophene rings is 1. The summed E-state index contributed by atoms with van der Waals surface area (Å²) in [4.78, 5) is 12.9. The van der Waals surface area contributed by atoms with Gasteiger partial charge in [-0.25, -0.2) is 4.79 Å². The summed E-state index contributed by atoms with van der Waals surface area (Å²) < 4.78 is 5.39. The first kappa shape index (κ1) is 15.5. The van der Waals surface area contributed by atoms with Gasteiger partial charge in [-0.05, 0) is 47.1 Å². The van der Waals surface area contributed by atoms with Crippen LogP contribution in [0.1, 0.15) is 36.8 Å². The summed E-state index contributed by atoms with van der Waals surface area (Å²) >= 11 is 1.58. The number of hydrogen-bond donors (Lipinski definition) is 0. The lowest BCUT2D eigenvalue weighted by molar-refractivity contribution is -0.128. The Morgan fingerprint density at radius 2 is 2.00 bits per heavy atom. The highest BCUT2D eigenvalue weighted by atomic mass is 32.1. The minimum atomic E-state index is -0.352. The zero-order valence-electron chi connectivity index (χ0n) is 12.8. The van der Waals surface area contributed by atoms with E-state index in [1.54, 1.807) is 17.4 Å². The van der Waals surface area contributed by atoms with E-state index in [1.807, 2.05) is 36.6 Å². The van der Waals surface area contributed by atoms with Crippen LogP contribution in [0, 0.1) is 6.92 Å². The first-order valence-electron chi connectivity index (χ1n) is 6.91. The molecule has 0 unspecified atom stereocenters. The molecule has 0 aliphatic carbocycles. The van der Waals surface area contributed by atoms with Crippen LogP contribution in [0.5, 0.6) is 5.75 Å². The fourth-order valence-corrected chi connectivity index (χ4v) is 2.53. The van der Waals surface area contributed by atoms with Crippen molar-refractivity contribution >= 4 is 23.4 Å². The van der Waals surface area contributed by atoms with E-state index in [0.717, 1.165) is 10.4 Å². The first-order valence-corrected chi connectivity index (χ1v) is 7.79. The summed E-state index contributed by atoms with van der Waals surface area (Å²) in [6.07, 6.45) is 3.23. The zero-order valence-corrected chi connectivity index (χ0v) is 13.7. The standard InChI is InChI=1S/C18H20O2S/c1-13-12-14(18(2,3)4)7-9-16(13)20-17(19)10-8-15-6-5-11-21-15/h5-12H,1-4H3/b10-8+. The molecule has 21 heavy (non-hydrogen) atoms. The van der Waals surface area contributed by atoms with Crippen molar-refractivity contribution in [3.05, 3.63) is 57.8 Å². The Bertz CT molecular complexity index is 646. The van der Waals surface area contributed by atoms with Crippen molar-refractivity contribution in [1.29, 1.82) is 0 Å². The molecule has 1 aromatic carbocycles. The Labute approximate surface area is 130 Å². The van der Waals surface area contributed by atoms with Crippen LogP contribution in [-0.4, -0.2) is 5.97 Å². The van der Waals surface area contributed by atoms with Gasteiger partial charge >= 0.3 is 5.97 Å². The van der Waals surface area contributed by atoms with E-state index >= 15 is 0 Å². The van der Waals surface area contributed by atoms with Gasteiger partial charge < -0.3 is 4.74 Å². The molecule has 0 atom stereocenters. The maximum atomic E-state index is 11.8. The summed E-state index contributed by atoms with van der Waals surface area (Å²) in [7, 11) is 0. The number of aryl methyl sites for hydroxylation is 1. The number of benzene rings is 1. The van der Waals surface area contributed by atoms with Crippen molar-refractivity contribution in [2.45, 2.75) is 33.1 Å². The number of esters is 1. The number of rotatable bonds is 3. The Morgan fingerprint density at radius 1 is 1.24 bits per heavy atom. The van der Waals surface area contributed by atoms with Crippen molar-refractivity contribution < 1.29 is 9.53 Å². The highest BCUT2D eigenvalue weighted by molar-refractivity contribution is 7.10. The summed E-state index contributed by atoms with van der Waals surface area (Å²) in [5, 5.41) is 1.97. The Kier molecular flexibility index (Phi) is 4.63. The number of ether oxygens (including phenoxy) is 1. The van der Waals surface area contributed by atoms with E-state index in [9.17, 15) is 4.79 Å². The normalized spacial score (nSPS) is 11.8. The van der Waals surface area contributed by atoms with E-state index in [0.29, 0.717) is 5.75 Å². The molecule has 2 rings (SSSR count). The van der Waals surface area contributed by atoms with Gasteiger partial charge in [-0.3, -0.25) is 0 Å². The zero-order chi connectivity index (χ0) is 15.5. The van der Waals surface area contributed by atoms with Gasteiger partial charge in [0.05, 0.1) is 0 Å². The number of carbonyl (C=O) groups is 1. The van der Waals surface area contributed by atoms with Gasteiger partial charge in [0.2, 0.25) is 0 Å². The van der Waals surface area contributed by atoms with Crippen LogP contribution in [0.15, 0.2) is 41.8 Å². The molecule has 2 aromatic rings. The van der Waals surface area contributed by atoms with Gasteiger partial charge in [0.25, 0.3) is 0 Å². The predicted molar refractivity (Wildman–Crippen MR) is 88.9 cm³/mol. The number of carbonyl (C=O) groups excluding carboxylic acids is 1. The SMILES string of the molecule is Cc1cc(C(C)(C)C)ccc1OC(=O)/C=C/c1cccs1. The van der Waals surface area contributed by atoms with Crippen molar-refractivity contribution in [2.75, 3.05) is 0 Å². The molecule has 0 radical (unpaired) electrons. The second kappa shape index (κ2) is 6.27. The Morgan fingerprint density at radius 3 is 2.57 bits per heavy atom. The lowest BCUT2D eigenvalue weighted by Crippen LogP contribution is -2.12. The smallest absolute Gasteiger partial charge is 0.336 e. The summed E-state index contributed by atoms with van der Waals surface area (Å²) in [6.45, 7) is 8.45. The third kappa shape index (κ3) is 4.30. The summed E-state index contributed by atoms with van der Waals surface area (Å²) in [5.74, 6) is 0.263. The molecule has 0 amide bonds. The monoisotopic (exact) mass is 300 g/mol. The van der Waals surface area contributed by atoms with Crippen molar-refractivity contribution in [3.63, 3.8) is 0 Å². The second-order valence-electron chi connectivity index (χ2n) is 6.00. The molecule has 0 bridgehead atoms. The molecule has 0 aliphatic rings. The summed E-state index contributed by atoms with van der Waals surface area (Å²) in [6, 6.07) is 9.86. The van der Waals surface area contributed by atoms with Gasteiger partial charge in [-0.2, -0.15) is 0 Å². The van der Waals surface area contributed by atoms with Crippen LogP contribution in [0.4, 0.5) is 0 Å². The van der Waals surface area contributed by atoms with Crippen LogP contribution in [0.3, 0.4) is 0 Å². The van der Waals surface area contributed by atoms with Crippen LogP contribution in [0.25, 0.3) is 6.08 Å². The minimum absolute atomic E-state index is 0.0897. The Balaban J connectivity index is 2.08. The average Bonchev–Trinajstić information content (AvgIpc) is 2.91. The number of hydrogen-bond acceptors (Lipinski definition) is 3. The molecule has 0 aliphatic heterocycles. The van der Waals surface area contributed by atoms with Crippen molar-refractivity contribution in [3.8, 4) is 5.75 Å². The highest BCUT2D eigenvalue weighted by Crippen LogP contribution is 2.27. The lowest BCUT2D eigenvalue weighted by Gasteiger charge is -2.20. The van der Waals surface area contributed by atoms with E-state index in [2.05, 4.69) is 26.8 Å². The maximum absolute atomic E-state index is 11.8. The molecule has 1 aromatic heterocycles. The molecular formula is C18H20O2S. The average molecular weight is 300 g/mol. The van der Waals surface area contributed by atoms with E-state index in [4.69, 9.17) is 4.74 Å². The molecule has 0 saturated heterocycles. The van der Waals surface area contributed by atoms with Gasteiger partial charge in [0.1, 0.15) is 5.75 Å². The quantitative estimate of drug-likeness (QED) is 0.454. The van der Waals surface area contributed by atoms with Crippen molar-refractivity contribution in [2.24, 2.45) is 0 Å². The van der Waals surface area contributed by atoms with Crippen molar-refractivity contribution in [1.82, 2.24) is 0 Å². The topological polar surface area (TPSA) is 26.3 Å². The molecular weight excluding hydrogens is 280 g/mol. The highest BCUT2D eigenvalue weighted by Gasteiger charge is 2.15. The van der Waals surface area contributed by atoms with Gasteiger partial charge in [-0.1, -0.05) is 39.0 Å². The molecule has 2 nitrogen and oxygen atoms in total. The van der Waals surface area contributed by atoms with E-state index in [-0.39, 0.29) is 11.4 Å². The lowest BCUT2D eigenvalue weighted by atomic mass is 9.86. The summed E-state index contributed by atoms with van der Waals surface area (Å²) in [5.41, 5.74) is 2.29. The van der Waals surface area contributed by atoms with Gasteiger partial charge in [0.15, 0.2) is 0 Å². The van der Waals surface area contributed by atoms with E-state index < -0.39 is 0 Å². The molecule has 0 fully saturated rings. The molecule has 0 N–H and O–H groups in total. The van der Waals surface area contributed by atoms with Gasteiger partial charge in [-0.15, -0.1) is 11.3 Å². The van der Waals surface area contributed by atoms with Crippen LogP contribution in [-0.2, 0) is 10.2 Å². The maximum Gasteiger partial charge on any atom is 0.336 e. The molecule has 3 heteroatoms. The van der Waals surface area contributed by atoms with E-state index in [1.165, 1.54) is 11.6 Å². The fraction of sp³-hybridized carbons (Fsp3) is 0.278. The molecule has 0 saturated carbocycles. The minimum Gasteiger partial charge on any atom is -0.423 e. The van der Waals surface area contributed by atoms with Crippen LogP contribution < -0.4 is 4.74 Å². The second-order valence-corrected chi connectivity index (χ2v) is 6.98. The van der Waals surface area contributed by atoms with Crippen LogP contribution in [0.2, 0.25) is 0 Å². The first-order chi connectivity index (χ1) is 9.86. The molecule has 110 valence electrons. The molecule has 1 heterocycles. The largest absolute Gasteiger partial charge is 0.423 e.